The van der Waals surface area contributed by atoms with E-state index >= 15 is 0 Å². The molecule has 0 heterocycles. The highest BCUT2D eigenvalue weighted by Crippen LogP contribution is 2.22. The maximum absolute atomic E-state index is 5.17. The Morgan fingerprint density at radius 3 is 2.85 bits per heavy atom. The largest absolute Gasteiger partial charge is 0.300 e. The first-order chi connectivity index (χ1) is 6.25. The summed E-state index contributed by atoms with van der Waals surface area (Å²) in [5.41, 5.74) is 1.23. The van der Waals surface area contributed by atoms with Crippen molar-refractivity contribution in [3.63, 3.8) is 0 Å². The molecule has 1 rings (SSSR count). The van der Waals surface area contributed by atoms with Gasteiger partial charge in [0, 0.05) is 10.5 Å². The molecule has 1 N–H and O–H groups in total. The van der Waals surface area contributed by atoms with Crippen molar-refractivity contribution in [1.29, 1.82) is 0 Å². The van der Waals surface area contributed by atoms with Crippen LogP contribution < -0.4 is 5.32 Å². The number of rotatable bonds is 3. The van der Waals surface area contributed by atoms with Crippen LogP contribution in [0.15, 0.2) is 28.7 Å². The molecule has 0 aliphatic heterocycles. The van der Waals surface area contributed by atoms with Crippen LogP contribution in [-0.4, -0.2) is 6.54 Å². The summed E-state index contributed by atoms with van der Waals surface area (Å²) in [4.78, 5) is 0. The molecule has 0 saturated carbocycles. The van der Waals surface area contributed by atoms with Gasteiger partial charge in [0.2, 0.25) is 0 Å². The molecule has 68 valence electrons. The number of benzene rings is 1. The third-order valence-electron chi connectivity index (χ3n) is 1.88. The van der Waals surface area contributed by atoms with Gasteiger partial charge in [0.05, 0.1) is 6.54 Å². The number of nitrogens with one attached hydrogen (secondary N) is 1. The fourth-order valence-electron chi connectivity index (χ4n) is 1.15. The molecule has 0 aliphatic carbocycles. The SMILES string of the molecule is C#CCN[C@@H](C)c1ccccc1Br. The zero-order valence-corrected chi connectivity index (χ0v) is 9.14. The third kappa shape index (κ3) is 2.87. The molecule has 0 aromatic heterocycles. The van der Waals surface area contributed by atoms with Gasteiger partial charge >= 0.3 is 0 Å². The molecule has 0 spiro atoms. The zero-order valence-electron chi connectivity index (χ0n) is 7.55. The molecule has 13 heavy (non-hydrogen) atoms. The Bertz CT molecular complexity index is 314. The first-order valence-electron chi connectivity index (χ1n) is 4.17. The van der Waals surface area contributed by atoms with Gasteiger partial charge in [-0.1, -0.05) is 40.0 Å². The van der Waals surface area contributed by atoms with Gasteiger partial charge in [-0.25, -0.2) is 0 Å². The van der Waals surface area contributed by atoms with Crippen LogP contribution in [-0.2, 0) is 0 Å². The van der Waals surface area contributed by atoms with E-state index in [1.165, 1.54) is 5.56 Å². The van der Waals surface area contributed by atoms with Crippen LogP contribution in [0.3, 0.4) is 0 Å². The molecule has 0 amide bonds. The lowest BCUT2D eigenvalue weighted by Crippen LogP contribution is -2.18. The lowest BCUT2D eigenvalue weighted by Gasteiger charge is -2.13. The van der Waals surface area contributed by atoms with Gasteiger partial charge in [0.25, 0.3) is 0 Å². The first-order valence-corrected chi connectivity index (χ1v) is 4.96. The van der Waals surface area contributed by atoms with Gasteiger partial charge in [0.1, 0.15) is 0 Å². The Morgan fingerprint density at radius 1 is 1.54 bits per heavy atom. The second-order valence-electron chi connectivity index (χ2n) is 2.83. The predicted molar refractivity (Wildman–Crippen MR) is 59.4 cm³/mol. The number of hydrogen-bond acceptors (Lipinski definition) is 1. The minimum absolute atomic E-state index is 0.284. The van der Waals surface area contributed by atoms with E-state index in [2.05, 4.69) is 40.2 Å². The fourth-order valence-corrected chi connectivity index (χ4v) is 1.78. The molecule has 0 aliphatic rings. The highest BCUT2D eigenvalue weighted by atomic mass is 79.9. The van der Waals surface area contributed by atoms with E-state index in [-0.39, 0.29) is 6.04 Å². The van der Waals surface area contributed by atoms with Crippen molar-refractivity contribution in [3.8, 4) is 12.3 Å². The minimum Gasteiger partial charge on any atom is -0.300 e. The summed E-state index contributed by atoms with van der Waals surface area (Å²) >= 11 is 3.50. The van der Waals surface area contributed by atoms with Crippen molar-refractivity contribution in [2.75, 3.05) is 6.54 Å². The van der Waals surface area contributed by atoms with Gasteiger partial charge in [-0.05, 0) is 18.6 Å². The Morgan fingerprint density at radius 2 is 2.23 bits per heavy atom. The molecule has 2 heteroatoms. The standard InChI is InChI=1S/C11H12BrN/c1-3-8-13-9(2)10-6-4-5-7-11(10)12/h1,4-7,9,13H,8H2,2H3/t9-/m0/s1. The van der Waals surface area contributed by atoms with Crippen molar-refractivity contribution >= 4 is 15.9 Å². The maximum Gasteiger partial charge on any atom is 0.0578 e. The molecule has 1 nitrogen and oxygen atoms in total. The van der Waals surface area contributed by atoms with Crippen LogP contribution in [0.5, 0.6) is 0 Å². The smallest absolute Gasteiger partial charge is 0.0578 e. The molecule has 0 saturated heterocycles. The number of halogens is 1. The molecule has 1 aromatic carbocycles. The Balaban J connectivity index is 2.72. The van der Waals surface area contributed by atoms with E-state index in [0.29, 0.717) is 6.54 Å². The molecule has 1 aromatic rings. The van der Waals surface area contributed by atoms with Gasteiger partial charge in [-0.3, -0.25) is 5.32 Å². The second kappa shape index (κ2) is 5.06. The fraction of sp³-hybridized carbons (Fsp3) is 0.273. The average molecular weight is 238 g/mol. The van der Waals surface area contributed by atoms with Crippen LogP contribution in [0, 0.1) is 12.3 Å². The highest BCUT2D eigenvalue weighted by molar-refractivity contribution is 9.10. The summed E-state index contributed by atoms with van der Waals surface area (Å²) in [5.74, 6) is 2.56. The number of hydrogen-bond donors (Lipinski definition) is 1. The van der Waals surface area contributed by atoms with Crippen LogP contribution >= 0.6 is 15.9 Å². The Hall–Kier alpha value is -0.780. The molecule has 0 fully saturated rings. The third-order valence-corrected chi connectivity index (χ3v) is 2.60. The van der Waals surface area contributed by atoms with Crippen molar-refractivity contribution in [2.45, 2.75) is 13.0 Å². The van der Waals surface area contributed by atoms with Crippen LogP contribution in [0.2, 0.25) is 0 Å². The van der Waals surface area contributed by atoms with E-state index in [1.54, 1.807) is 0 Å². The summed E-state index contributed by atoms with van der Waals surface area (Å²) < 4.78 is 1.12. The van der Waals surface area contributed by atoms with Gasteiger partial charge < -0.3 is 0 Å². The normalized spacial score (nSPS) is 12.1. The Kier molecular flexibility index (Phi) is 4.01. The summed E-state index contributed by atoms with van der Waals surface area (Å²) in [5, 5.41) is 3.22. The highest BCUT2D eigenvalue weighted by Gasteiger charge is 2.06. The minimum atomic E-state index is 0.284. The zero-order chi connectivity index (χ0) is 9.68. The molecular formula is C11H12BrN. The Labute approximate surface area is 87.7 Å². The van der Waals surface area contributed by atoms with E-state index < -0.39 is 0 Å². The van der Waals surface area contributed by atoms with E-state index in [4.69, 9.17) is 6.42 Å². The number of terminal acetylenes is 1. The molecule has 1 atom stereocenters. The van der Waals surface area contributed by atoms with Crippen molar-refractivity contribution < 1.29 is 0 Å². The van der Waals surface area contributed by atoms with Crippen molar-refractivity contribution in [3.05, 3.63) is 34.3 Å². The maximum atomic E-state index is 5.17. The lowest BCUT2D eigenvalue weighted by atomic mass is 10.1. The molecule has 0 bridgehead atoms. The lowest BCUT2D eigenvalue weighted by molar-refractivity contribution is 0.621. The first kappa shape index (κ1) is 10.3. The van der Waals surface area contributed by atoms with E-state index in [0.717, 1.165) is 4.47 Å². The summed E-state index contributed by atoms with van der Waals surface area (Å²) in [6, 6.07) is 8.42. The summed E-state index contributed by atoms with van der Waals surface area (Å²) in [6.45, 7) is 2.69. The van der Waals surface area contributed by atoms with Crippen LogP contribution in [0.1, 0.15) is 18.5 Å². The molecular weight excluding hydrogens is 226 g/mol. The van der Waals surface area contributed by atoms with Gasteiger partial charge in [-0.2, -0.15) is 0 Å². The van der Waals surface area contributed by atoms with Gasteiger partial charge in [-0.15, -0.1) is 6.42 Å². The molecule has 0 unspecified atom stereocenters. The van der Waals surface area contributed by atoms with Gasteiger partial charge in [0.15, 0.2) is 0 Å². The van der Waals surface area contributed by atoms with Crippen molar-refractivity contribution in [2.24, 2.45) is 0 Å². The topological polar surface area (TPSA) is 12.0 Å². The van der Waals surface area contributed by atoms with E-state index in [9.17, 15) is 0 Å². The van der Waals surface area contributed by atoms with Crippen molar-refractivity contribution in [1.82, 2.24) is 5.32 Å². The average Bonchev–Trinajstić information content (AvgIpc) is 2.15. The quantitative estimate of drug-likeness (QED) is 0.798. The predicted octanol–water partition coefficient (Wildman–Crippen LogP) is 2.73. The van der Waals surface area contributed by atoms with E-state index in [1.807, 2.05) is 18.2 Å². The van der Waals surface area contributed by atoms with Crippen LogP contribution in [0.25, 0.3) is 0 Å². The monoisotopic (exact) mass is 237 g/mol. The summed E-state index contributed by atoms with van der Waals surface area (Å²) in [6.07, 6.45) is 5.17. The second-order valence-corrected chi connectivity index (χ2v) is 3.68. The van der Waals surface area contributed by atoms with Crippen LogP contribution in [0.4, 0.5) is 0 Å². The summed E-state index contributed by atoms with van der Waals surface area (Å²) in [7, 11) is 0. The molecule has 0 radical (unpaired) electrons.